The van der Waals surface area contributed by atoms with Crippen molar-refractivity contribution >= 4 is 17.2 Å². The van der Waals surface area contributed by atoms with Crippen molar-refractivity contribution in [3.8, 4) is 5.75 Å². The molecule has 0 radical (unpaired) electrons. The second-order valence-electron chi connectivity index (χ2n) is 5.60. The van der Waals surface area contributed by atoms with Crippen molar-refractivity contribution in [2.24, 2.45) is 11.7 Å². The number of nitrogens with zero attached hydrogens (tertiary/aromatic N) is 1. The standard InChI is InChI=1S/C16H24N2O2S/c1-19-11-13-4-3-7-18(10-13)9-12-5-6-14(16(17)21)15(8-12)20-2/h5-6,8,13H,3-4,7,9-11H2,1-2H3,(H2,17,21). The molecule has 1 aromatic carbocycles. The number of likely N-dealkylation sites (tertiary alicyclic amines) is 1. The van der Waals surface area contributed by atoms with Crippen molar-refractivity contribution in [1.82, 2.24) is 4.90 Å². The van der Waals surface area contributed by atoms with Crippen LogP contribution in [0, 0.1) is 5.92 Å². The first-order valence-electron chi connectivity index (χ1n) is 7.32. The van der Waals surface area contributed by atoms with E-state index in [1.54, 1.807) is 14.2 Å². The number of thiocarbonyl (C=S) groups is 1. The van der Waals surface area contributed by atoms with Gasteiger partial charge < -0.3 is 15.2 Å². The van der Waals surface area contributed by atoms with Crippen molar-refractivity contribution < 1.29 is 9.47 Å². The molecule has 116 valence electrons. The topological polar surface area (TPSA) is 47.7 Å². The molecule has 1 aliphatic rings. The molecule has 0 aliphatic carbocycles. The Morgan fingerprint density at radius 2 is 2.24 bits per heavy atom. The van der Waals surface area contributed by atoms with Gasteiger partial charge in [0.15, 0.2) is 0 Å². The zero-order valence-corrected chi connectivity index (χ0v) is 13.6. The number of hydrogen-bond donors (Lipinski definition) is 1. The van der Waals surface area contributed by atoms with E-state index in [2.05, 4.69) is 11.0 Å². The Morgan fingerprint density at radius 3 is 2.90 bits per heavy atom. The summed E-state index contributed by atoms with van der Waals surface area (Å²) >= 11 is 5.04. The van der Waals surface area contributed by atoms with Gasteiger partial charge in [0.25, 0.3) is 0 Å². The van der Waals surface area contributed by atoms with Crippen LogP contribution in [0.5, 0.6) is 5.75 Å². The predicted octanol–water partition coefficient (Wildman–Crippen LogP) is 2.19. The van der Waals surface area contributed by atoms with E-state index in [1.165, 1.54) is 18.4 Å². The second-order valence-corrected chi connectivity index (χ2v) is 6.04. The van der Waals surface area contributed by atoms with E-state index >= 15 is 0 Å². The molecule has 1 heterocycles. The zero-order chi connectivity index (χ0) is 15.2. The highest BCUT2D eigenvalue weighted by atomic mass is 32.1. The lowest BCUT2D eigenvalue weighted by Gasteiger charge is -2.32. The minimum atomic E-state index is 0.372. The molecule has 0 aromatic heterocycles. The molecule has 4 nitrogen and oxygen atoms in total. The fraction of sp³-hybridized carbons (Fsp3) is 0.562. The number of piperidine rings is 1. The lowest BCUT2D eigenvalue weighted by Crippen LogP contribution is -2.36. The lowest BCUT2D eigenvalue weighted by molar-refractivity contribution is 0.0873. The largest absolute Gasteiger partial charge is 0.496 e. The molecule has 2 N–H and O–H groups in total. The third-order valence-corrected chi connectivity index (χ3v) is 4.16. The summed E-state index contributed by atoms with van der Waals surface area (Å²) in [6.45, 7) is 4.00. The van der Waals surface area contributed by atoms with Gasteiger partial charge in [0, 0.05) is 20.2 Å². The van der Waals surface area contributed by atoms with Crippen LogP contribution in [0.3, 0.4) is 0 Å². The van der Waals surface area contributed by atoms with Gasteiger partial charge in [0.1, 0.15) is 10.7 Å². The van der Waals surface area contributed by atoms with Crippen molar-refractivity contribution in [3.63, 3.8) is 0 Å². The molecule has 0 bridgehead atoms. The van der Waals surface area contributed by atoms with Gasteiger partial charge in [-0.05, 0) is 43.0 Å². The molecule has 0 saturated carbocycles. The third-order valence-electron chi connectivity index (χ3n) is 3.94. The summed E-state index contributed by atoms with van der Waals surface area (Å²) in [6, 6.07) is 6.07. The van der Waals surface area contributed by atoms with Crippen molar-refractivity contribution in [2.45, 2.75) is 19.4 Å². The number of methoxy groups -OCH3 is 2. The average Bonchev–Trinajstić information content (AvgIpc) is 2.47. The van der Waals surface area contributed by atoms with Crippen LogP contribution in [0.25, 0.3) is 0 Å². The summed E-state index contributed by atoms with van der Waals surface area (Å²) in [5, 5.41) is 0. The van der Waals surface area contributed by atoms with Crippen LogP contribution in [0.15, 0.2) is 18.2 Å². The SMILES string of the molecule is COCC1CCCN(Cc2ccc(C(N)=S)c(OC)c2)C1. The van der Waals surface area contributed by atoms with Gasteiger partial charge in [-0.2, -0.15) is 0 Å². The maximum Gasteiger partial charge on any atom is 0.129 e. The Kier molecular flexibility index (Phi) is 5.96. The minimum absolute atomic E-state index is 0.372. The Hall–Kier alpha value is -1.17. The number of nitrogens with two attached hydrogens (primary N) is 1. The van der Waals surface area contributed by atoms with E-state index < -0.39 is 0 Å². The normalized spacial score (nSPS) is 19.4. The highest BCUT2D eigenvalue weighted by Gasteiger charge is 2.20. The smallest absolute Gasteiger partial charge is 0.129 e. The first-order valence-corrected chi connectivity index (χ1v) is 7.73. The van der Waals surface area contributed by atoms with Crippen molar-refractivity contribution in [2.75, 3.05) is 33.9 Å². The van der Waals surface area contributed by atoms with Crippen LogP contribution >= 0.6 is 12.2 Å². The maximum absolute atomic E-state index is 5.70. The fourth-order valence-electron chi connectivity index (χ4n) is 2.96. The average molecular weight is 308 g/mol. The van der Waals surface area contributed by atoms with Crippen LogP contribution < -0.4 is 10.5 Å². The molecule has 2 rings (SSSR count). The summed E-state index contributed by atoms with van der Waals surface area (Å²) in [5.74, 6) is 1.40. The highest BCUT2D eigenvalue weighted by molar-refractivity contribution is 7.80. The van der Waals surface area contributed by atoms with E-state index in [0.717, 1.165) is 37.6 Å². The van der Waals surface area contributed by atoms with E-state index in [1.807, 2.05) is 12.1 Å². The number of benzene rings is 1. The lowest BCUT2D eigenvalue weighted by atomic mass is 9.98. The van der Waals surface area contributed by atoms with Gasteiger partial charge in [-0.1, -0.05) is 18.3 Å². The summed E-state index contributed by atoms with van der Waals surface area (Å²) in [6.07, 6.45) is 2.49. The molecule has 1 fully saturated rings. The van der Waals surface area contributed by atoms with Crippen molar-refractivity contribution in [1.29, 1.82) is 0 Å². The summed E-state index contributed by atoms with van der Waals surface area (Å²) in [5.41, 5.74) is 7.73. The van der Waals surface area contributed by atoms with Crippen LogP contribution in [-0.4, -0.2) is 43.8 Å². The molecule has 1 atom stereocenters. The molecule has 21 heavy (non-hydrogen) atoms. The third kappa shape index (κ3) is 4.40. The molecule has 1 aromatic rings. The Balaban J connectivity index is 2.04. The molecule has 0 spiro atoms. The first kappa shape index (κ1) is 16.2. The summed E-state index contributed by atoms with van der Waals surface area (Å²) in [7, 11) is 3.43. The Bertz CT molecular complexity index is 491. The van der Waals surface area contributed by atoms with E-state index in [-0.39, 0.29) is 0 Å². The van der Waals surface area contributed by atoms with Gasteiger partial charge >= 0.3 is 0 Å². The predicted molar refractivity (Wildman–Crippen MR) is 88.8 cm³/mol. The van der Waals surface area contributed by atoms with Crippen LogP contribution in [-0.2, 0) is 11.3 Å². The first-order chi connectivity index (χ1) is 10.1. The van der Waals surface area contributed by atoms with E-state index in [9.17, 15) is 0 Å². The molecular weight excluding hydrogens is 284 g/mol. The zero-order valence-electron chi connectivity index (χ0n) is 12.8. The molecular formula is C16H24N2O2S. The molecule has 1 unspecified atom stereocenters. The monoisotopic (exact) mass is 308 g/mol. The Labute approximate surface area is 132 Å². The maximum atomic E-state index is 5.70. The Morgan fingerprint density at radius 1 is 1.43 bits per heavy atom. The van der Waals surface area contributed by atoms with E-state index in [0.29, 0.717) is 10.9 Å². The highest BCUT2D eigenvalue weighted by Crippen LogP contribution is 2.23. The molecule has 1 saturated heterocycles. The molecule has 0 amide bonds. The van der Waals surface area contributed by atoms with Crippen LogP contribution in [0.1, 0.15) is 24.0 Å². The minimum Gasteiger partial charge on any atom is -0.496 e. The summed E-state index contributed by atoms with van der Waals surface area (Å²) < 4.78 is 10.7. The molecule has 5 heteroatoms. The van der Waals surface area contributed by atoms with Gasteiger partial charge in [-0.15, -0.1) is 0 Å². The molecule has 1 aliphatic heterocycles. The number of rotatable bonds is 6. The van der Waals surface area contributed by atoms with Gasteiger partial charge in [-0.25, -0.2) is 0 Å². The van der Waals surface area contributed by atoms with E-state index in [4.69, 9.17) is 27.4 Å². The quantitative estimate of drug-likeness (QED) is 0.816. The second kappa shape index (κ2) is 7.73. The van der Waals surface area contributed by atoms with Gasteiger partial charge in [0.05, 0.1) is 19.3 Å². The van der Waals surface area contributed by atoms with Crippen molar-refractivity contribution in [3.05, 3.63) is 29.3 Å². The van der Waals surface area contributed by atoms with Crippen LogP contribution in [0.2, 0.25) is 0 Å². The van der Waals surface area contributed by atoms with Gasteiger partial charge in [-0.3, -0.25) is 4.90 Å². The number of ether oxygens (including phenoxy) is 2. The summed E-state index contributed by atoms with van der Waals surface area (Å²) in [4.78, 5) is 2.85. The van der Waals surface area contributed by atoms with Crippen LogP contribution in [0.4, 0.5) is 0 Å². The fourth-order valence-corrected chi connectivity index (χ4v) is 3.13. The van der Waals surface area contributed by atoms with Gasteiger partial charge in [0.2, 0.25) is 0 Å². The number of hydrogen-bond acceptors (Lipinski definition) is 4.